The van der Waals surface area contributed by atoms with E-state index in [9.17, 15) is 0 Å². The van der Waals surface area contributed by atoms with Crippen LogP contribution in [-0.4, -0.2) is 36.1 Å². The van der Waals surface area contributed by atoms with Crippen molar-refractivity contribution >= 4 is 23.2 Å². The number of hydrogen-bond donors (Lipinski definition) is 1. The largest absolute Gasteiger partial charge is 0.317 e. The molecule has 0 atom stereocenters. The van der Waals surface area contributed by atoms with Crippen LogP contribution in [0.1, 0.15) is 18.5 Å². The van der Waals surface area contributed by atoms with Crippen molar-refractivity contribution < 1.29 is 0 Å². The molecule has 0 saturated carbocycles. The van der Waals surface area contributed by atoms with Gasteiger partial charge in [-0.2, -0.15) is 0 Å². The van der Waals surface area contributed by atoms with E-state index in [-0.39, 0.29) is 0 Å². The highest BCUT2D eigenvalue weighted by Crippen LogP contribution is 2.20. The molecular formula is C12H17Cl2N3. The first-order valence-electron chi connectivity index (χ1n) is 5.88. The molecule has 2 rings (SSSR count). The Kier molecular flexibility index (Phi) is 4.62. The summed E-state index contributed by atoms with van der Waals surface area (Å²) < 4.78 is 0. The van der Waals surface area contributed by atoms with Gasteiger partial charge >= 0.3 is 0 Å². The van der Waals surface area contributed by atoms with Crippen LogP contribution >= 0.6 is 23.2 Å². The van der Waals surface area contributed by atoms with E-state index in [1.54, 1.807) is 6.07 Å². The fraction of sp³-hybridized carbons (Fsp3) is 0.583. The zero-order valence-corrected chi connectivity index (χ0v) is 11.4. The molecule has 17 heavy (non-hydrogen) atoms. The standard InChI is InChI=1S/C12H17Cl2N3/c1-17(9-4-6-15-7-5-9)8-11-10(13)2-3-12(14)16-11/h2-3,9,15H,4-8H2,1H3. The number of halogens is 2. The van der Waals surface area contributed by atoms with Crippen molar-refractivity contribution in [1.82, 2.24) is 15.2 Å². The molecule has 94 valence electrons. The van der Waals surface area contributed by atoms with Gasteiger partial charge in [-0.15, -0.1) is 0 Å². The van der Waals surface area contributed by atoms with Crippen LogP contribution in [0.25, 0.3) is 0 Å². The SMILES string of the molecule is CN(Cc1nc(Cl)ccc1Cl)C1CCNCC1. The summed E-state index contributed by atoms with van der Waals surface area (Å²) in [4.78, 5) is 6.59. The van der Waals surface area contributed by atoms with Crippen molar-refractivity contribution in [3.8, 4) is 0 Å². The maximum absolute atomic E-state index is 6.12. The molecule has 1 N–H and O–H groups in total. The van der Waals surface area contributed by atoms with Crippen molar-refractivity contribution in [3.05, 3.63) is 28.0 Å². The predicted molar refractivity (Wildman–Crippen MR) is 71.6 cm³/mol. The molecule has 3 nitrogen and oxygen atoms in total. The Balaban J connectivity index is 2.01. The molecule has 1 saturated heterocycles. The number of nitrogens with one attached hydrogen (secondary N) is 1. The van der Waals surface area contributed by atoms with Crippen LogP contribution in [0.3, 0.4) is 0 Å². The molecule has 0 bridgehead atoms. The van der Waals surface area contributed by atoms with Gasteiger partial charge in [0.05, 0.1) is 10.7 Å². The van der Waals surface area contributed by atoms with E-state index in [4.69, 9.17) is 23.2 Å². The van der Waals surface area contributed by atoms with Crippen LogP contribution < -0.4 is 5.32 Å². The van der Waals surface area contributed by atoms with E-state index < -0.39 is 0 Å². The molecule has 0 radical (unpaired) electrons. The van der Waals surface area contributed by atoms with Crippen molar-refractivity contribution in [2.24, 2.45) is 0 Å². The molecule has 1 aliphatic rings. The highest BCUT2D eigenvalue weighted by Gasteiger charge is 2.18. The fourth-order valence-electron chi connectivity index (χ4n) is 2.18. The summed E-state index contributed by atoms with van der Waals surface area (Å²) in [6, 6.07) is 4.13. The van der Waals surface area contributed by atoms with Gasteiger partial charge in [0, 0.05) is 12.6 Å². The topological polar surface area (TPSA) is 28.2 Å². The molecule has 5 heteroatoms. The quantitative estimate of drug-likeness (QED) is 0.859. The lowest BCUT2D eigenvalue weighted by atomic mass is 10.1. The van der Waals surface area contributed by atoms with Gasteiger partial charge in [-0.1, -0.05) is 23.2 Å². The highest BCUT2D eigenvalue weighted by molar-refractivity contribution is 6.32. The van der Waals surface area contributed by atoms with Crippen LogP contribution in [0, 0.1) is 0 Å². The smallest absolute Gasteiger partial charge is 0.129 e. The van der Waals surface area contributed by atoms with Crippen molar-refractivity contribution in [2.45, 2.75) is 25.4 Å². The summed E-state index contributed by atoms with van der Waals surface area (Å²) in [6.45, 7) is 2.93. The van der Waals surface area contributed by atoms with E-state index in [0.717, 1.165) is 25.3 Å². The van der Waals surface area contributed by atoms with Crippen molar-refractivity contribution in [1.29, 1.82) is 0 Å². The van der Waals surface area contributed by atoms with Gasteiger partial charge in [-0.25, -0.2) is 4.98 Å². The van der Waals surface area contributed by atoms with Gasteiger partial charge in [0.15, 0.2) is 0 Å². The first-order chi connectivity index (χ1) is 8.16. The molecule has 1 fully saturated rings. The summed E-state index contributed by atoms with van der Waals surface area (Å²) in [6.07, 6.45) is 2.35. The van der Waals surface area contributed by atoms with Crippen LogP contribution in [0.5, 0.6) is 0 Å². The van der Waals surface area contributed by atoms with Crippen molar-refractivity contribution in [3.63, 3.8) is 0 Å². The van der Waals surface area contributed by atoms with Gasteiger partial charge in [0.2, 0.25) is 0 Å². The molecule has 1 aromatic rings. The first kappa shape index (κ1) is 13.1. The van der Waals surface area contributed by atoms with Gasteiger partial charge in [0.25, 0.3) is 0 Å². The Hall–Kier alpha value is -0.350. The Morgan fingerprint density at radius 3 is 2.76 bits per heavy atom. The maximum Gasteiger partial charge on any atom is 0.129 e. The average molecular weight is 274 g/mol. The van der Waals surface area contributed by atoms with E-state index in [2.05, 4.69) is 22.2 Å². The monoisotopic (exact) mass is 273 g/mol. The van der Waals surface area contributed by atoms with Gasteiger partial charge < -0.3 is 5.32 Å². The maximum atomic E-state index is 6.12. The summed E-state index contributed by atoms with van der Waals surface area (Å²) in [5.41, 5.74) is 0.861. The number of piperidine rings is 1. The summed E-state index contributed by atoms with van der Waals surface area (Å²) in [5.74, 6) is 0. The lowest BCUT2D eigenvalue weighted by Crippen LogP contribution is -2.40. The second-order valence-corrected chi connectivity index (χ2v) is 5.25. The number of hydrogen-bond acceptors (Lipinski definition) is 3. The van der Waals surface area contributed by atoms with Crippen molar-refractivity contribution in [2.75, 3.05) is 20.1 Å². The molecular weight excluding hydrogens is 257 g/mol. The third-order valence-electron chi connectivity index (χ3n) is 3.22. The highest BCUT2D eigenvalue weighted by atomic mass is 35.5. The van der Waals surface area contributed by atoms with Gasteiger partial charge in [-0.05, 0) is 45.1 Å². The molecule has 1 aliphatic heterocycles. The Morgan fingerprint density at radius 2 is 2.06 bits per heavy atom. The predicted octanol–water partition coefficient (Wildman–Crippen LogP) is 2.57. The first-order valence-corrected chi connectivity index (χ1v) is 6.64. The number of nitrogens with zero attached hydrogens (tertiary/aromatic N) is 2. The zero-order chi connectivity index (χ0) is 12.3. The molecule has 1 aromatic heterocycles. The molecule has 0 aromatic carbocycles. The lowest BCUT2D eigenvalue weighted by Gasteiger charge is -2.31. The van der Waals surface area contributed by atoms with E-state index in [0.29, 0.717) is 16.2 Å². The summed E-state index contributed by atoms with van der Waals surface area (Å²) >= 11 is 12.0. The lowest BCUT2D eigenvalue weighted by molar-refractivity contribution is 0.190. The van der Waals surface area contributed by atoms with Crippen LogP contribution in [0.4, 0.5) is 0 Å². The van der Waals surface area contributed by atoms with E-state index in [1.165, 1.54) is 12.8 Å². The van der Waals surface area contributed by atoms with E-state index in [1.807, 2.05) is 6.07 Å². The number of rotatable bonds is 3. The molecule has 0 amide bonds. The zero-order valence-electron chi connectivity index (χ0n) is 9.92. The Bertz CT molecular complexity index is 378. The fourth-order valence-corrected chi connectivity index (χ4v) is 2.51. The third-order valence-corrected chi connectivity index (χ3v) is 3.77. The average Bonchev–Trinajstić information content (AvgIpc) is 2.35. The summed E-state index contributed by atoms with van der Waals surface area (Å²) in [5, 5.41) is 4.56. The van der Waals surface area contributed by atoms with Gasteiger partial charge in [-0.3, -0.25) is 4.90 Å². The Labute approximate surface area is 112 Å². The minimum Gasteiger partial charge on any atom is -0.317 e. The Morgan fingerprint density at radius 1 is 1.35 bits per heavy atom. The normalized spacial score (nSPS) is 17.6. The van der Waals surface area contributed by atoms with E-state index >= 15 is 0 Å². The second-order valence-electron chi connectivity index (χ2n) is 4.46. The molecule has 2 heterocycles. The third kappa shape index (κ3) is 3.55. The molecule has 0 aliphatic carbocycles. The number of aromatic nitrogens is 1. The summed E-state index contributed by atoms with van der Waals surface area (Å²) in [7, 11) is 2.12. The van der Waals surface area contributed by atoms with Crippen LogP contribution in [-0.2, 0) is 6.54 Å². The van der Waals surface area contributed by atoms with Gasteiger partial charge in [0.1, 0.15) is 5.15 Å². The molecule has 0 unspecified atom stereocenters. The van der Waals surface area contributed by atoms with Crippen LogP contribution in [0.2, 0.25) is 10.2 Å². The second kappa shape index (κ2) is 6.01. The molecule has 0 spiro atoms. The minimum absolute atomic E-state index is 0.503. The minimum atomic E-state index is 0.503. The number of pyridine rings is 1. The van der Waals surface area contributed by atoms with Crippen LogP contribution in [0.15, 0.2) is 12.1 Å².